The molecule has 0 aliphatic rings. The maximum absolute atomic E-state index is 12.4. The zero-order chi connectivity index (χ0) is 10.9. The summed E-state index contributed by atoms with van der Waals surface area (Å²) < 4.78 is 36.7. The van der Waals surface area contributed by atoms with Crippen molar-refractivity contribution in [1.29, 1.82) is 0 Å². The molecule has 0 aliphatic carbocycles. The number of rotatable bonds is 2. The van der Waals surface area contributed by atoms with E-state index in [0.717, 1.165) is 0 Å². The van der Waals surface area contributed by atoms with Gasteiger partial charge in [-0.05, 0) is 4.92 Å². The summed E-state index contributed by atoms with van der Waals surface area (Å²) in [5, 5.41) is 10.2. The number of aromatic amines is 1. The zero-order valence-corrected chi connectivity index (χ0v) is 6.46. The van der Waals surface area contributed by atoms with Crippen LogP contribution in [0.5, 0.6) is 0 Å². The van der Waals surface area contributed by atoms with Gasteiger partial charge in [0.1, 0.15) is 0 Å². The minimum Gasteiger partial charge on any atom is -0.358 e. The van der Waals surface area contributed by atoms with Crippen LogP contribution in [-0.2, 0) is 0 Å². The van der Waals surface area contributed by atoms with E-state index in [1.807, 2.05) is 0 Å². The molecule has 0 bridgehead atoms. The molecule has 0 fully saturated rings. The average Bonchev–Trinajstić information content (AvgIpc) is 2.01. The number of hydrogen-bond acceptors (Lipinski definition) is 3. The van der Waals surface area contributed by atoms with E-state index in [0.29, 0.717) is 0 Å². The van der Waals surface area contributed by atoms with Gasteiger partial charge in [-0.3, -0.25) is 4.79 Å². The third kappa shape index (κ3) is 1.73. The molecule has 0 saturated carbocycles. The van der Waals surface area contributed by atoms with Crippen molar-refractivity contribution in [3.63, 3.8) is 0 Å². The van der Waals surface area contributed by atoms with Crippen LogP contribution in [0, 0.1) is 16.1 Å². The van der Waals surface area contributed by atoms with Gasteiger partial charge in [-0.25, -0.2) is 13.8 Å². The molecule has 0 aromatic carbocycles. The summed E-state index contributed by atoms with van der Waals surface area (Å²) in [7, 11) is 0. The Morgan fingerprint density at radius 3 is 2.50 bits per heavy atom. The van der Waals surface area contributed by atoms with E-state index in [2.05, 4.69) is 0 Å². The fraction of sp³-hybridized carbons (Fsp3) is 0.167. The van der Waals surface area contributed by atoms with Crippen molar-refractivity contribution >= 4 is 5.82 Å². The lowest BCUT2D eigenvalue weighted by Gasteiger charge is -2.00. The Kier molecular flexibility index (Phi) is 2.54. The van der Waals surface area contributed by atoms with Gasteiger partial charge in [0.2, 0.25) is 5.43 Å². The van der Waals surface area contributed by atoms with Gasteiger partial charge >= 0.3 is 5.82 Å². The van der Waals surface area contributed by atoms with E-state index < -0.39 is 34.1 Å². The Hall–Kier alpha value is -1.86. The first kappa shape index (κ1) is 10.2. The molecule has 0 aliphatic heterocycles. The van der Waals surface area contributed by atoms with E-state index in [1.165, 1.54) is 4.98 Å². The largest absolute Gasteiger partial charge is 0.358 e. The van der Waals surface area contributed by atoms with E-state index in [-0.39, 0.29) is 6.07 Å². The topological polar surface area (TPSA) is 76.0 Å². The van der Waals surface area contributed by atoms with E-state index in [1.54, 1.807) is 0 Å². The van der Waals surface area contributed by atoms with Gasteiger partial charge in [-0.2, -0.15) is 4.39 Å². The fourth-order valence-electron chi connectivity index (χ4n) is 0.881. The summed E-state index contributed by atoms with van der Waals surface area (Å²) in [6, 6.07) is 0.231. The second-order valence-corrected chi connectivity index (χ2v) is 2.30. The number of H-pyrrole nitrogens is 1. The third-order valence-corrected chi connectivity index (χ3v) is 1.42. The monoisotopic (exact) mass is 208 g/mol. The van der Waals surface area contributed by atoms with Crippen LogP contribution in [0.15, 0.2) is 10.9 Å². The first-order valence-electron chi connectivity index (χ1n) is 3.28. The minimum atomic E-state index is -3.32. The molecular formula is C6H3F3N2O3. The van der Waals surface area contributed by atoms with Crippen molar-refractivity contribution in [3.8, 4) is 0 Å². The molecule has 0 saturated heterocycles. The molecule has 1 aromatic rings. The number of aromatic nitrogens is 1. The predicted octanol–water partition coefficient (Wildman–Crippen LogP) is 1.36. The van der Waals surface area contributed by atoms with E-state index in [9.17, 15) is 28.1 Å². The molecule has 0 atom stereocenters. The van der Waals surface area contributed by atoms with Gasteiger partial charge in [0.05, 0.1) is 6.07 Å². The van der Waals surface area contributed by atoms with Gasteiger partial charge in [-0.1, -0.05) is 0 Å². The average molecular weight is 208 g/mol. The van der Waals surface area contributed by atoms with Crippen LogP contribution in [0.2, 0.25) is 0 Å². The number of nitro groups is 1. The summed E-state index contributed by atoms with van der Waals surface area (Å²) in [5.41, 5.74) is -2.74. The highest BCUT2D eigenvalue weighted by Crippen LogP contribution is 2.23. The lowest BCUT2D eigenvalue weighted by molar-refractivity contribution is -0.391. The van der Waals surface area contributed by atoms with Crippen LogP contribution in [0.1, 0.15) is 12.0 Å². The van der Waals surface area contributed by atoms with Crippen molar-refractivity contribution in [3.05, 3.63) is 37.9 Å². The first-order chi connectivity index (χ1) is 6.43. The molecule has 1 aromatic heterocycles. The highest BCUT2D eigenvalue weighted by atomic mass is 19.3. The Morgan fingerprint density at radius 1 is 1.50 bits per heavy atom. The Balaban J connectivity index is 3.53. The van der Waals surface area contributed by atoms with Crippen molar-refractivity contribution in [2.45, 2.75) is 6.43 Å². The fourth-order valence-corrected chi connectivity index (χ4v) is 0.881. The molecule has 1 heterocycles. The summed E-state index contributed by atoms with van der Waals surface area (Å²) >= 11 is 0. The summed E-state index contributed by atoms with van der Waals surface area (Å²) in [5.74, 6) is -2.64. The van der Waals surface area contributed by atoms with Crippen LogP contribution in [0.25, 0.3) is 0 Å². The van der Waals surface area contributed by atoms with E-state index >= 15 is 0 Å². The van der Waals surface area contributed by atoms with Gasteiger partial charge in [0, 0.05) is 0 Å². The summed E-state index contributed by atoms with van der Waals surface area (Å²) in [4.78, 5) is 21.1. The third-order valence-electron chi connectivity index (χ3n) is 1.42. The Labute approximate surface area is 74.3 Å². The number of pyridine rings is 1. The zero-order valence-electron chi connectivity index (χ0n) is 6.46. The molecule has 0 radical (unpaired) electrons. The summed E-state index contributed by atoms with van der Waals surface area (Å²) in [6.07, 6.45) is -3.32. The number of halogens is 3. The normalized spacial score (nSPS) is 10.6. The second-order valence-electron chi connectivity index (χ2n) is 2.30. The van der Waals surface area contributed by atoms with Crippen LogP contribution in [0.3, 0.4) is 0 Å². The Bertz CT molecular complexity index is 429. The standard InChI is InChI=1S/C6H3F3N2O3/c7-3-1-2(12)4(5(8)9)6(10-3)11(13)14/h1,5H,(H,10,12). The summed E-state index contributed by atoms with van der Waals surface area (Å²) in [6.45, 7) is 0. The van der Waals surface area contributed by atoms with Crippen LogP contribution >= 0.6 is 0 Å². The minimum absolute atomic E-state index is 0.231. The van der Waals surface area contributed by atoms with Crippen molar-refractivity contribution in [2.24, 2.45) is 0 Å². The lowest BCUT2D eigenvalue weighted by atomic mass is 10.2. The van der Waals surface area contributed by atoms with Gasteiger partial charge in [0.15, 0.2) is 5.56 Å². The van der Waals surface area contributed by atoms with Crippen molar-refractivity contribution in [1.82, 2.24) is 4.98 Å². The number of hydrogen-bond donors (Lipinski definition) is 1. The second kappa shape index (κ2) is 3.48. The molecular weight excluding hydrogens is 205 g/mol. The van der Waals surface area contributed by atoms with Gasteiger partial charge < -0.3 is 10.1 Å². The van der Waals surface area contributed by atoms with Gasteiger partial charge in [-0.15, -0.1) is 0 Å². The molecule has 8 heteroatoms. The highest BCUT2D eigenvalue weighted by molar-refractivity contribution is 5.33. The molecule has 1 N–H and O–H groups in total. The van der Waals surface area contributed by atoms with Crippen molar-refractivity contribution in [2.75, 3.05) is 0 Å². The predicted molar refractivity (Wildman–Crippen MR) is 38.6 cm³/mol. The maximum Gasteiger partial charge on any atom is 0.335 e. The van der Waals surface area contributed by atoms with Crippen LogP contribution in [-0.4, -0.2) is 9.91 Å². The molecule has 0 unspecified atom stereocenters. The van der Waals surface area contributed by atoms with Crippen molar-refractivity contribution < 1.29 is 18.1 Å². The maximum atomic E-state index is 12.4. The number of alkyl halides is 2. The van der Waals surface area contributed by atoms with E-state index in [4.69, 9.17) is 0 Å². The van der Waals surface area contributed by atoms with Crippen LogP contribution in [0.4, 0.5) is 19.0 Å². The first-order valence-corrected chi connectivity index (χ1v) is 3.28. The molecule has 0 amide bonds. The molecule has 0 spiro atoms. The SMILES string of the molecule is O=c1cc(F)[nH]c([N+](=O)[O-])c1C(F)F. The molecule has 1 rings (SSSR count). The molecule has 5 nitrogen and oxygen atoms in total. The lowest BCUT2D eigenvalue weighted by Crippen LogP contribution is -2.14. The molecule has 76 valence electrons. The quantitative estimate of drug-likeness (QED) is 0.452. The smallest absolute Gasteiger partial charge is 0.335 e. The van der Waals surface area contributed by atoms with Gasteiger partial charge in [0.25, 0.3) is 12.4 Å². The van der Waals surface area contributed by atoms with Crippen LogP contribution < -0.4 is 5.43 Å². The number of nitrogens with zero attached hydrogens (tertiary/aromatic N) is 1. The number of nitrogens with one attached hydrogen (secondary N) is 1. The molecule has 14 heavy (non-hydrogen) atoms. The highest BCUT2D eigenvalue weighted by Gasteiger charge is 2.26. The Morgan fingerprint density at radius 2 is 2.07 bits per heavy atom.